The maximum Gasteiger partial charge on any atom is 0.333 e. The topological polar surface area (TPSA) is 76.8 Å². The molecule has 1 aliphatic heterocycles. The lowest BCUT2D eigenvalue weighted by atomic mass is 9.99. The van der Waals surface area contributed by atoms with Gasteiger partial charge in [0.05, 0.1) is 12.5 Å². The summed E-state index contributed by atoms with van der Waals surface area (Å²) in [6, 6.07) is 8.93. The van der Waals surface area contributed by atoms with Gasteiger partial charge in [-0.1, -0.05) is 12.1 Å². The lowest BCUT2D eigenvalue weighted by Gasteiger charge is -2.33. The van der Waals surface area contributed by atoms with Crippen molar-refractivity contribution in [2.45, 2.75) is 12.5 Å². The lowest BCUT2D eigenvalue weighted by molar-refractivity contribution is -0.146. The number of para-hydroxylation sites is 1. The number of methoxy groups -OCH3 is 1. The number of hydrogen-bond donors (Lipinski definition) is 0. The Labute approximate surface area is 152 Å². The van der Waals surface area contributed by atoms with E-state index in [9.17, 15) is 14.4 Å². The molecule has 0 saturated heterocycles. The molecule has 1 aliphatic rings. The number of hydrogen-bond acceptors (Lipinski definition) is 6. The minimum atomic E-state index is -0.834. The highest BCUT2D eigenvalue weighted by Crippen LogP contribution is 2.35. The highest BCUT2D eigenvalue weighted by Gasteiger charge is 2.38. The number of thiophene rings is 1. The third-order valence-electron chi connectivity index (χ3n) is 4.50. The highest BCUT2D eigenvalue weighted by atomic mass is 32.1. The maximum atomic E-state index is 13.0. The first-order valence-electron chi connectivity index (χ1n) is 8.08. The van der Waals surface area contributed by atoms with E-state index in [-0.39, 0.29) is 11.2 Å². The smallest absolute Gasteiger partial charge is 0.333 e. The first-order chi connectivity index (χ1) is 12.6. The average molecular weight is 369 g/mol. The third-order valence-corrected chi connectivity index (χ3v) is 5.49. The minimum absolute atomic E-state index is 0.0821. The van der Waals surface area contributed by atoms with Crippen LogP contribution >= 0.6 is 11.3 Å². The van der Waals surface area contributed by atoms with Crippen molar-refractivity contribution in [2.24, 2.45) is 0 Å². The summed E-state index contributed by atoms with van der Waals surface area (Å²) >= 11 is 1.55. The molecule has 0 aliphatic carbocycles. The van der Waals surface area contributed by atoms with Crippen LogP contribution in [-0.2, 0) is 16.0 Å². The fourth-order valence-electron chi connectivity index (χ4n) is 3.25. The predicted molar refractivity (Wildman–Crippen MR) is 96.3 cm³/mol. The molecule has 132 valence electrons. The number of carbonyl (C=O) groups excluding carboxylic acids is 2. The van der Waals surface area contributed by atoms with Crippen LogP contribution in [0.15, 0.2) is 51.0 Å². The van der Waals surface area contributed by atoms with E-state index in [0.717, 1.165) is 10.4 Å². The first-order valence-corrected chi connectivity index (χ1v) is 8.96. The summed E-state index contributed by atoms with van der Waals surface area (Å²) < 4.78 is 10.6. The van der Waals surface area contributed by atoms with E-state index in [4.69, 9.17) is 9.15 Å². The van der Waals surface area contributed by atoms with E-state index in [2.05, 4.69) is 0 Å². The van der Waals surface area contributed by atoms with Gasteiger partial charge in [-0.15, -0.1) is 11.3 Å². The van der Waals surface area contributed by atoms with E-state index in [1.165, 1.54) is 18.1 Å². The summed E-state index contributed by atoms with van der Waals surface area (Å²) in [6.07, 6.45) is 0.643. The number of ether oxygens (including phenoxy) is 1. The zero-order valence-corrected chi connectivity index (χ0v) is 14.7. The standard InChI is InChI=1S/C19H15NO5S/c1-24-19(23)17-12-7-9-26-16(12)6-8-20(17)18(22)15-10-13(21)11-4-2-3-5-14(11)25-15/h2-5,7,9-10,17H,6,8H2,1H3. The van der Waals surface area contributed by atoms with E-state index in [1.807, 2.05) is 11.4 Å². The molecule has 4 rings (SSSR count). The number of fused-ring (bicyclic) bond motifs is 2. The second-order valence-electron chi connectivity index (χ2n) is 5.94. The van der Waals surface area contributed by atoms with E-state index >= 15 is 0 Å². The SMILES string of the molecule is COC(=O)C1c2ccsc2CCN1C(=O)c1cc(=O)c2ccccc2o1. The van der Waals surface area contributed by atoms with Crippen LogP contribution in [0, 0.1) is 0 Å². The Bertz CT molecular complexity index is 1070. The van der Waals surface area contributed by atoms with Gasteiger partial charge in [-0.3, -0.25) is 9.59 Å². The van der Waals surface area contributed by atoms with Crippen LogP contribution in [0.25, 0.3) is 11.0 Å². The van der Waals surface area contributed by atoms with Crippen molar-refractivity contribution in [3.63, 3.8) is 0 Å². The molecule has 0 N–H and O–H groups in total. The number of rotatable bonds is 2. The van der Waals surface area contributed by atoms with Crippen molar-refractivity contribution < 1.29 is 18.7 Å². The monoisotopic (exact) mass is 369 g/mol. The molecule has 3 heterocycles. The van der Waals surface area contributed by atoms with Gasteiger partial charge in [0.15, 0.2) is 17.2 Å². The number of esters is 1. The van der Waals surface area contributed by atoms with Gasteiger partial charge in [-0.25, -0.2) is 4.79 Å². The Morgan fingerprint density at radius 1 is 1.27 bits per heavy atom. The zero-order chi connectivity index (χ0) is 18.3. The molecule has 2 aromatic heterocycles. The van der Waals surface area contributed by atoms with Crippen LogP contribution in [-0.4, -0.2) is 30.4 Å². The largest absolute Gasteiger partial charge is 0.467 e. The van der Waals surface area contributed by atoms with Crippen molar-refractivity contribution in [2.75, 3.05) is 13.7 Å². The van der Waals surface area contributed by atoms with Gasteiger partial charge in [0.25, 0.3) is 5.91 Å². The summed E-state index contributed by atoms with van der Waals surface area (Å²) in [4.78, 5) is 40.2. The van der Waals surface area contributed by atoms with Gasteiger partial charge < -0.3 is 14.1 Å². The Kier molecular flexibility index (Phi) is 4.08. The molecule has 0 radical (unpaired) electrons. The summed E-state index contributed by atoms with van der Waals surface area (Å²) in [5.74, 6) is -1.10. The van der Waals surface area contributed by atoms with E-state index in [1.54, 1.807) is 35.6 Å². The molecule has 0 spiro atoms. The zero-order valence-electron chi connectivity index (χ0n) is 13.9. The summed E-state index contributed by atoms with van der Waals surface area (Å²) in [5.41, 5.74) is 0.814. The molecule has 1 atom stereocenters. The molecule has 26 heavy (non-hydrogen) atoms. The van der Waals surface area contributed by atoms with Gasteiger partial charge >= 0.3 is 5.97 Å². The number of benzene rings is 1. The summed E-state index contributed by atoms with van der Waals surface area (Å²) in [6.45, 7) is 0.350. The normalized spacial score (nSPS) is 16.3. The van der Waals surface area contributed by atoms with Crippen LogP contribution in [0.3, 0.4) is 0 Å². The molecular formula is C19H15NO5S. The summed E-state index contributed by atoms with van der Waals surface area (Å²) in [5, 5.41) is 2.30. The molecule has 0 fully saturated rings. The molecule has 3 aromatic rings. The van der Waals surface area contributed by atoms with Crippen LogP contribution in [0.5, 0.6) is 0 Å². The fraction of sp³-hybridized carbons (Fsp3) is 0.211. The predicted octanol–water partition coefficient (Wildman–Crippen LogP) is 2.77. The Balaban J connectivity index is 1.78. The van der Waals surface area contributed by atoms with Gasteiger partial charge in [0.1, 0.15) is 5.58 Å². The van der Waals surface area contributed by atoms with Crippen LogP contribution in [0.4, 0.5) is 0 Å². The van der Waals surface area contributed by atoms with Gasteiger partial charge in [-0.2, -0.15) is 0 Å². The van der Waals surface area contributed by atoms with Gasteiger partial charge in [0.2, 0.25) is 0 Å². The Morgan fingerprint density at radius 2 is 2.08 bits per heavy atom. The van der Waals surface area contributed by atoms with Crippen LogP contribution in [0.2, 0.25) is 0 Å². The number of amides is 1. The quantitative estimate of drug-likeness (QED) is 0.649. The Hall–Kier alpha value is -2.93. The number of nitrogens with zero attached hydrogens (tertiary/aromatic N) is 1. The molecular weight excluding hydrogens is 354 g/mol. The van der Waals surface area contributed by atoms with Crippen molar-refractivity contribution in [1.82, 2.24) is 4.90 Å². The second kappa shape index (κ2) is 6.42. The Morgan fingerprint density at radius 3 is 2.88 bits per heavy atom. The second-order valence-corrected chi connectivity index (χ2v) is 6.95. The van der Waals surface area contributed by atoms with E-state index < -0.39 is 17.9 Å². The third kappa shape index (κ3) is 2.61. The average Bonchev–Trinajstić information content (AvgIpc) is 3.14. The van der Waals surface area contributed by atoms with E-state index in [0.29, 0.717) is 23.9 Å². The minimum Gasteiger partial charge on any atom is -0.467 e. The van der Waals surface area contributed by atoms with Crippen LogP contribution in [0.1, 0.15) is 27.0 Å². The lowest BCUT2D eigenvalue weighted by Crippen LogP contribution is -2.43. The maximum absolute atomic E-state index is 13.0. The summed E-state index contributed by atoms with van der Waals surface area (Å²) in [7, 11) is 1.29. The van der Waals surface area contributed by atoms with Crippen molar-refractivity contribution in [3.8, 4) is 0 Å². The van der Waals surface area contributed by atoms with Crippen molar-refractivity contribution in [3.05, 3.63) is 68.2 Å². The highest BCUT2D eigenvalue weighted by molar-refractivity contribution is 7.10. The first kappa shape index (κ1) is 16.5. The molecule has 0 saturated carbocycles. The van der Waals surface area contributed by atoms with Crippen LogP contribution < -0.4 is 5.43 Å². The van der Waals surface area contributed by atoms with Gasteiger partial charge in [0, 0.05) is 17.5 Å². The molecule has 1 amide bonds. The van der Waals surface area contributed by atoms with Gasteiger partial charge in [-0.05, 0) is 35.6 Å². The number of carbonyl (C=O) groups is 2. The fourth-order valence-corrected chi connectivity index (χ4v) is 4.16. The van der Waals surface area contributed by atoms with Crippen molar-refractivity contribution in [1.29, 1.82) is 0 Å². The molecule has 7 heteroatoms. The molecule has 1 unspecified atom stereocenters. The molecule has 0 bridgehead atoms. The van der Waals surface area contributed by atoms with Crippen molar-refractivity contribution >= 4 is 34.2 Å². The molecule has 1 aromatic carbocycles. The molecule has 6 nitrogen and oxygen atoms in total.